The molecule has 2 rings (SSSR count). The van der Waals surface area contributed by atoms with Crippen LogP contribution in [0.15, 0.2) is 40.6 Å². The molecule has 1 aliphatic rings. The summed E-state index contributed by atoms with van der Waals surface area (Å²) in [4.78, 5) is 23.4. The molecule has 2 amide bonds. The topological polar surface area (TPSA) is 67.4 Å². The zero-order chi connectivity index (χ0) is 14.4. The minimum atomic E-state index is -0.351. The van der Waals surface area contributed by atoms with E-state index in [4.69, 9.17) is 4.74 Å². The molecule has 0 atom stereocenters. The maximum Gasteiger partial charge on any atom is 0.286 e. The molecule has 1 aromatic rings. The number of carbonyl (C=O) groups excluding carboxylic acids is 2. The van der Waals surface area contributed by atoms with E-state index in [1.807, 2.05) is 12.1 Å². The number of hydrogen-bond donors (Lipinski definition) is 2. The first-order valence-corrected chi connectivity index (χ1v) is 7.11. The number of anilines is 1. The van der Waals surface area contributed by atoms with E-state index < -0.39 is 0 Å². The van der Waals surface area contributed by atoms with Crippen molar-refractivity contribution in [3.05, 3.63) is 40.6 Å². The number of rotatable bonds is 4. The second-order valence-corrected chi connectivity index (χ2v) is 5.21. The van der Waals surface area contributed by atoms with Crippen LogP contribution in [0.1, 0.15) is 12.8 Å². The van der Waals surface area contributed by atoms with Crippen molar-refractivity contribution in [1.29, 1.82) is 0 Å². The van der Waals surface area contributed by atoms with E-state index >= 15 is 0 Å². The lowest BCUT2D eigenvalue weighted by atomic mass is 10.2. The van der Waals surface area contributed by atoms with Gasteiger partial charge in [-0.2, -0.15) is 0 Å². The fourth-order valence-electron chi connectivity index (χ4n) is 1.70. The highest BCUT2D eigenvalue weighted by atomic mass is 79.9. The van der Waals surface area contributed by atoms with Crippen LogP contribution < -0.4 is 10.6 Å². The number of amides is 2. The van der Waals surface area contributed by atoms with E-state index in [9.17, 15) is 9.59 Å². The van der Waals surface area contributed by atoms with Gasteiger partial charge in [-0.3, -0.25) is 9.59 Å². The van der Waals surface area contributed by atoms with Gasteiger partial charge >= 0.3 is 0 Å². The molecule has 1 aliphatic heterocycles. The van der Waals surface area contributed by atoms with Gasteiger partial charge in [0.1, 0.15) is 0 Å². The van der Waals surface area contributed by atoms with Crippen molar-refractivity contribution in [2.24, 2.45) is 0 Å². The summed E-state index contributed by atoms with van der Waals surface area (Å²) in [5.41, 5.74) is 0.681. The lowest BCUT2D eigenvalue weighted by Gasteiger charge is -2.14. The summed E-state index contributed by atoms with van der Waals surface area (Å²) in [6.45, 7) is 0.458. The minimum absolute atomic E-state index is 0.0877. The van der Waals surface area contributed by atoms with E-state index in [1.54, 1.807) is 18.2 Å². The molecule has 5 nitrogen and oxygen atoms in total. The Labute approximate surface area is 125 Å². The average Bonchev–Trinajstić information content (AvgIpc) is 2.48. The highest BCUT2D eigenvalue weighted by Gasteiger charge is 2.14. The summed E-state index contributed by atoms with van der Waals surface area (Å²) in [6, 6.07) is 7.21. The van der Waals surface area contributed by atoms with Crippen molar-refractivity contribution in [1.82, 2.24) is 5.32 Å². The normalized spacial score (nSPS) is 13.9. The predicted octanol–water partition coefficient (Wildman–Crippen LogP) is 2.20. The summed E-state index contributed by atoms with van der Waals surface area (Å²) in [5.74, 6) is -0.333. The Kier molecular flexibility index (Phi) is 5.17. The number of ether oxygens (including phenoxy) is 1. The summed E-state index contributed by atoms with van der Waals surface area (Å²) in [5, 5.41) is 5.22. The van der Waals surface area contributed by atoms with Gasteiger partial charge in [0.05, 0.1) is 13.2 Å². The predicted molar refractivity (Wildman–Crippen MR) is 79.1 cm³/mol. The van der Waals surface area contributed by atoms with Gasteiger partial charge in [0.25, 0.3) is 5.91 Å². The van der Waals surface area contributed by atoms with Crippen LogP contribution in [0.4, 0.5) is 5.69 Å². The Morgan fingerprint density at radius 2 is 2.00 bits per heavy atom. The van der Waals surface area contributed by atoms with Gasteiger partial charge in [-0.05, 0) is 43.2 Å². The number of allylic oxidation sites excluding steroid dienone is 1. The number of benzene rings is 1. The molecule has 0 saturated carbocycles. The maximum absolute atomic E-state index is 11.7. The zero-order valence-electron chi connectivity index (χ0n) is 10.8. The molecule has 0 spiro atoms. The monoisotopic (exact) mass is 338 g/mol. The van der Waals surface area contributed by atoms with Crippen LogP contribution in [-0.2, 0) is 14.3 Å². The van der Waals surface area contributed by atoms with E-state index in [0.717, 1.165) is 17.3 Å². The number of hydrogen-bond acceptors (Lipinski definition) is 3. The van der Waals surface area contributed by atoms with E-state index in [-0.39, 0.29) is 18.4 Å². The van der Waals surface area contributed by atoms with Crippen LogP contribution >= 0.6 is 15.9 Å². The highest BCUT2D eigenvalue weighted by Crippen LogP contribution is 2.14. The molecule has 0 unspecified atom stereocenters. The molecular weight excluding hydrogens is 324 g/mol. The van der Waals surface area contributed by atoms with Crippen LogP contribution in [-0.4, -0.2) is 25.0 Å². The van der Waals surface area contributed by atoms with Crippen molar-refractivity contribution in [2.45, 2.75) is 12.8 Å². The third-order valence-corrected chi connectivity index (χ3v) is 3.23. The Bertz CT molecular complexity index is 526. The van der Waals surface area contributed by atoms with Crippen molar-refractivity contribution in [2.75, 3.05) is 18.5 Å². The smallest absolute Gasteiger partial charge is 0.286 e. The molecule has 1 aromatic carbocycles. The summed E-state index contributed by atoms with van der Waals surface area (Å²) >= 11 is 3.32. The molecule has 0 aromatic heterocycles. The Morgan fingerprint density at radius 1 is 1.25 bits per heavy atom. The fraction of sp³-hybridized carbons (Fsp3) is 0.286. The second-order valence-electron chi connectivity index (χ2n) is 4.30. The first kappa shape index (κ1) is 14.6. The Morgan fingerprint density at radius 3 is 2.65 bits per heavy atom. The summed E-state index contributed by atoms with van der Waals surface area (Å²) in [7, 11) is 0. The molecule has 0 fully saturated rings. The van der Waals surface area contributed by atoms with Gasteiger partial charge in [0.15, 0.2) is 5.76 Å². The van der Waals surface area contributed by atoms with E-state index in [0.29, 0.717) is 18.1 Å². The lowest BCUT2D eigenvalue weighted by Crippen LogP contribution is -2.34. The molecule has 6 heteroatoms. The van der Waals surface area contributed by atoms with Crippen LogP contribution in [0.25, 0.3) is 0 Å². The van der Waals surface area contributed by atoms with Gasteiger partial charge in [0.2, 0.25) is 5.91 Å². The van der Waals surface area contributed by atoms with Crippen molar-refractivity contribution in [3.8, 4) is 0 Å². The van der Waals surface area contributed by atoms with Gasteiger partial charge in [-0.1, -0.05) is 15.9 Å². The van der Waals surface area contributed by atoms with Crippen LogP contribution in [0.2, 0.25) is 0 Å². The molecule has 0 saturated heterocycles. The van der Waals surface area contributed by atoms with Gasteiger partial charge < -0.3 is 15.4 Å². The fourth-order valence-corrected chi connectivity index (χ4v) is 1.97. The first-order valence-electron chi connectivity index (χ1n) is 6.32. The molecule has 20 heavy (non-hydrogen) atoms. The molecule has 1 heterocycles. The van der Waals surface area contributed by atoms with Gasteiger partial charge in [-0.25, -0.2) is 0 Å². The molecular formula is C14H15BrN2O3. The Hall–Kier alpha value is -1.82. The molecule has 0 bridgehead atoms. The van der Waals surface area contributed by atoms with Crippen LogP contribution in [0.5, 0.6) is 0 Å². The molecule has 106 valence electrons. The molecule has 2 N–H and O–H groups in total. The summed E-state index contributed by atoms with van der Waals surface area (Å²) in [6.07, 6.45) is 3.49. The van der Waals surface area contributed by atoms with Gasteiger partial charge in [0, 0.05) is 10.2 Å². The molecule has 0 aliphatic carbocycles. The lowest BCUT2D eigenvalue weighted by molar-refractivity contribution is -0.124. The number of nitrogens with one attached hydrogen (secondary N) is 2. The van der Waals surface area contributed by atoms with E-state index in [2.05, 4.69) is 26.6 Å². The highest BCUT2D eigenvalue weighted by molar-refractivity contribution is 9.10. The quantitative estimate of drug-likeness (QED) is 0.884. The van der Waals surface area contributed by atoms with Crippen molar-refractivity contribution >= 4 is 33.4 Å². The van der Waals surface area contributed by atoms with E-state index in [1.165, 1.54) is 0 Å². The third-order valence-electron chi connectivity index (χ3n) is 2.70. The zero-order valence-corrected chi connectivity index (χ0v) is 12.4. The van der Waals surface area contributed by atoms with Crippen LogP contribution in [0.3, 0.4) is 0 Å². The maximum atomic E-state index is 11.7. The first-order chi connectivity index (χ1) is 9.65. The SMILES string of the molecule is O=C(CNC(=O)C1=CCCCO1)Nc1ccc(Br)cc1. The second kappa shape index (κ2) is 7.09. The third kappa shape index (κ3) is 4.38. The summed E-state index contributed by atoms with van der Waals surface area (Å²) < 4.78 is 6.15. The Balaban J connectivity index is 1.78. The minimum Gasteiger partial charge on any atom is -0.488 e. The molecule has 0 radical (unpaired) electrons. The largest absolute Gasteiger partial charge is 0.488 e. The van der Waals surface area contributed by atoms with Crippen molar-refractivity contribution < 1.29 is 14.3 Å². The average molecular weight is 339 g/mol. The standard InChI is InChI=1S/C14H15BrN2O3/c15-10-4-6-11(7-5-10)17-13(18)9-16-14(19)12-3-1-2-8-20-12/h3-7H,1-2,8-9H2,(H,16,19)(H,17,18). The van der Waals surface area contributed by atoms with Gasteiger partial charge in [-0.15, -0.1) is 0 Å². The number of carbonyl (C=O) groups is 2. The van der Waals surface area contributed by atoms with Crippen molar-refractivity contribution in [3.63, 3.8) is 0 Å². The number of halogens is 1. The van der Waals surface area contributed by atoms with Crippen LogP contribution in [0, 0.1) is 0 Å².